The van der Waals surface area contributed by atoms with E-state index in [1.54, 1.807) is 18.4 Å². The van der Waals surface area contributed by atoms with Gasteiger partial charge in [0.1, 0.15) is 0 Å². The van der Waals surface area contributed by atoms with E-state index in [1.807, 2.05) is 7.05 Å². The van der Waals surface area contributed by atoms with Gasteiger partial charge in [0, 0.05) is 42.0 Å². The van der Waals surface area contributed by atoms with Crippen molar-refractivity contribution in [1.29, 1.82) is 0 Å². The van der Waals surface area contributed by atoms with Crippen LogP contribution in [0.5, 0.6) is 0 Å². The lowest BCUT2D eigenvalue weighted by molar-refractivity contribution is 0.0732. The van der Waals surface area contributed by atoms with Gasteiger partial charge in [-0.15, -0.1) is 35.3 Å². The number of hydrogen-bond donors (Lipinski definition) is 2. The van der Waals surface area contributed by atoms with Crippen LogP contribution < -0.4 is 10.6 Å². The Balaban J connectivity index is 0.00000242. The summed E-state index contributed by atoms with van der Waals surface area (Å²) in [5.41, 5.74) is 0.402. The molecule has 0 bridgehead atoms. The molecule has 126 valence electrons. The minimum atomic E-state index is 0. The van der Waals surface area contributed by atoms with E-state index >= 15 is 0 Å². The predicted octanol–water partition coefficient (Wildman–Crippen LogP) is 4.00. The standard InChI is InChI=1S/C15H24BrN3OS.HI/c1-17-14(18-9-13-8-12(16)10-21-13)19-11-15(4-3-5-15)6-7-20-2;/h8,10H,3-7,9,11H2,1-2H3,(H2,17,18,19);1H. The number of thiophene rings is 1. The lowest BCUT2D eigenvalue weighted by Crippen LogP contribution is -2.46. The number of halogens is 2. The first-order chi connectivity index (χ1) is 10.2. The maximum absolute atomic E-state index is 5.24. The predicted molar refractivity (Wildman–Crippen MR) is 108 cm³/mol. The van der Waals surface area contributed by atoms with Gasteiger partial charge in [-0.1, -0.05) is 6.42 Å². The Morgan fingerprint density at radius 2 is 2.23 bits per heavy atom. The molecule has 0 radical (unpaired) electrons. The fraction of sp³-hybridized carbons (Fsp3) is 0.667. The van der Waals surface area contributed by atoms with Crippen LogP contribution in [0.4, 0.5) is 0 Å². The van der Waals surface area contributed by atoms with Crippen LogP contribution >= 0.6 is 51.2 Å². The van der Waals surface area contributed by atoms with Crippen molar-refractivity contribution in [2.24, 2.45) is 10.4 Å². The first kappa shape index (κ1) is 20.2. The van der Waals surface area contributed by atoms with Gasteiger partial charge in [-0.2, -0.15) is 0 Å². The van der Waals surface area contributed by atoms with Crippen molar-refractivity contribution in [1.82, 2.24) is 10.6 Å². The molecule has 1 aliphatic carbocycles. The molecule has 0 unspecified atom stereocenters. The zero-order chi connectivity index (χ0) is 15.1. The SMILES string of the molecule is CN=C(NCc1cc(Br)cs1)NCC1(CCOC)CCC1.I. The molecule has 7 heteroatoms. The van der Waals surface area contributed by atoms with Crippen LogP contribution in [0.15, 0.2) is 20.9 Å². The number of methoxy groups -OCH3 is 1. The summed E-state index contributed by atoms with van der Waals surface area (Å²) in [6.45, 7) is 2.63. The Labute approximate surface area is 162 Å². The second-order valence-corrected chi connectivity index (χ2v) is 7.52. The molecule has 0 aliphatic heterocycles. The van der Waals surface area contributed by atoms with Crippen LogP contribution in [0.2, 0.25) is 0 Å². The maximum atomic E-state index is 5.24. The summed E-state index contributed by atoms with van der Waals surface area (Å²) in [4.78, 5) is 5.60. The Kier molecular flexibility index (Phi) is 9.27. The number of rotatable bonds is 7. The minimum absolute atomic E-state index is 0. The Morgan fingerprint density at radius 3 is 2.73 bits per heavy atom. The first-order valence-electron chi connectivity index (χ1n) is 7.34. The fourth-order valence-electron chi connectivity index (χ4n) is 2.62. The largest absolute Gasteiger partial charge is 0.385 e. The van der Waals surface area contributed by atoms with Crippen molar-refractivity contribution in [3.8, 4) is 0 Å². The summed E-state index contributed by atoms with van der Waals surface area (Å²) in [5.74, 6) is 0.878. The van der Waals surface area contributed by atoms with Crippen LogP contribution in [-0.4, -0.2) is 33.3 Å². The molecule has 2 rings (SSSR count). The van der Waals surface area contributed by atoms with Crippen LogP contribution in [0.25, 0.3) is 0 Å². The summed E-state index contributed by atoms with van der Waals surface area (Å²) in [5, 5.41) is 8.95. The molecule has 1 saturated carbocycles. The molecule has 0 aromatic carbocycles. The van der Waals surface area contributed by atoms with Crippen LogP contribution in [0.3, 0.4) is 0 Å². The molecule has 0 atom stereocenters. The number of aliphatic imine (C=N–C) groups is 1. The number of nitrogens with one attached hydrogen (secondary N) is 2. The van der Waals surface area contributed by atoms with E-state index in [4.69, 9.17) is 4.74 Å². The summed E-state index contributed by atoms with van der Waals surface area (Å²) >= 11 is 5.22. The Bertz CT molecular complexity index is 477. The quantitative estimate of drug-likeness (QED) is 0.337. The molecular weight excluding hydrogens is 477 g/mol. The van der Waals surface area contributed by atoms with Gasteiger partial charge in [-0.3, -0.25) is 4.99 Å². The third-order valence-corrected chi connectivity index (χ3v) is 5.85. The van der Waals surface area contributed by atoms with Crippen molar-refractivity contribution in [2.45, 2.75) is 32.2 Å². The Morgan fingerprint density at radius 1 is 1.45 bits per heavy atom. The molecule has 0 spiro atoms. The molecule has 4 nitrogen and oxygen atoms in total. The highest BCUT2D eigenvalue weighted by Gasteiger charge is 2.36. The summed E-state index contributed by atoms with van der Waals surface area (Å²) in [7, 11) is 3.60. The molecule has 0 amide bonds. The van der Waals surface area contributed by atoms with E-state index in [-0.39, 0.29) is 24.0 Å². The van der Waals surface area contributed by atoms with E-state index in [9.17, 15) is 0 Å². The lowest BCUT2D eigenvalue weighted by atomic mass is 9.67. The number of nitrogens with zero attached hydrogens (tertiary/aromatic N) is 1. The van der Waals surface area contributed by atoms with Crippen LogP contribution in [0, 0.1) is 5.41 Å². The monoisotopic (exact) mass is 501 g/mol. The highest BCUT2D eigenvalue weighted by Crippen LogP contribution is 2.43. The third kappa shape index (κ3) is 5.98. The number of ether oxygens (including phenoxy) is 1. The van der Waals surface area contributed by atoms with E-state index in [1.165, 1.54) is 24.1 Å². The maximum Gasteiger partial charge on any atom is 0.191 e. The molecular formula is C15H25BrIN3OS. The molecule has 1 aromatic rings. The van der Waals surface area contributed by atoms with Gasteiger partial charge in [0.2, 0.25) is 0 Å². The van der Waals surface area contributed by atoms with Gasteiger partial charge in [-0.05, 0) is 46.7 Å². The fourth-order valence-corrected chi connectivity index (χ4v) is 4.01. The summed E-state index contributed by atoms with van der Waals surface area (Å²) in [6.07, 6.45) is 5.04. The second kappa shape index (κ2) is 10.1. The number of hydrogen-bond acceptors (Lipinski definition) is 3. The van der Waals surface area contributed by atoms with Gasteiger partial charge in [-0.25, -0.2) is 0 Å². The summed E-state index contributed by atoms with van der Waals surface area (Å²) in [6, 6.07) is 2.14. The van der Waals surface area contributed by atoms with Crippen molar-refractivity contribution in [2.75, 3.05) is 27.3 Å². The van der Waals surface area contributed by atoms with Gasteiger partial charge >= 0.3 is 0 Å². The zero-order valence-corrected chi connectivity index (χ0v) is 17.9. The highest BCUT2D eigenvalue weighted by molar-refractivity contribution is 14.0. The van der Waals surface area contributed by atoms with Gasteiger partial charge in [0.05, 0.1) is 6.54 Å². The second-order valence-electron chi connectivity index (χ2n) is 5.61. The average molecular weight is 502 g/mol. The van der Waals surface area contributed by atoms with Crippen molar-refractivity contribution < 1.29 is 4.74 Å². The van der Waals surface area contributed by atoms with E-state index in [2.05, 4.69) is 43.0 Å². The average Bonchev–Trinajstić information content (AvgIpc) is 2.86. The van der Waals surface area contributed by atoms with Crippen LogP contribution in [-0.2, 0) is 11.3 Å². The molecule has 1 fully saturated rings. The lowest BCUT2D eigenvalue weighted by Gasteiger charge is -2.42. The van der Waals surface area contributed by atoms with Crippen LogP contribution in [0.1, 0.15) is 30.6 Å². The molecule has 1 heterocycles. The van der Waals surface area contributed by atoms with Crippen molar-refractivity contribution in [3.05, 3.63) is 20.8 Å². The topological polar surface area (TPSA) is 45.7 Å². The molecule has 0 saturated heterocycles. The highest BCUT2D eigenvalue weighted by atomic mass is 127. The van der Waals surface area contributed by atoms with Gasteiger partial charge < -0.3 is 15.4 Å². The minimum Gasteiger partial charge on any atom is -0.385 e. The smallest absolute Gasteiger partial charge is 0.191 e. The van der Waals surface area contributed by atoms with Gasteiger partial charge in [0.25, 0.3) is 0 Å². The molecule has 1 aromatic heterocycles. The van der Waals surface area contributed by atoms with Crippen molar-refractivity contribution in [3.63, 3.8) is 0 Å². The number of guanidine groups is 1. The molecule has 2 N–H and O–H groups in total. The third-order valence-electron chi connectivity index (χ3n) is 4.16. The molecule has 22 heavy (non-hydrogen) atoms. The first-order valence-corrected chi connectivity index (χ1v) is 9.01. The molecule has 1 aliphatic rings. The summed E-state index contributed by atoms with van der Waals surface area (Å²) < 4.78 is 6.38. The van der Waals surface area contributed by atoms with Crippen molar-refractivity contribution >= 4 is 57.2 Å². The zero-order valence-electron chi connectivity index (χ0n) is 13.2. The Hall–Kier alpha value is 0.140. The van der Waals surface area contributed by atoms with E-state index in [0.717, 1.165) is 36.5 Å². The van der Waals surface area contributed by atoms with Gasteiger partial charge in [0.15, 0.2) is 5.96 Å². The van der Waals surface area contributed by atoms with E-state index < -0.39 is 0 Å². The normalized spacial score (nSPS) is 16.6. The van der Waals surface area contributed by atoms with E-state index in [0.29, 0.717) is 5.41 Å².